The van der Waals surface area contributed by atoms with Crippen molar-refractivity contribution < 1.29 is 9.53 Å². The Kier molecular flexibility index (Phi) is 4.18. The van der Waals surface area contributed by atoms with Crippen LogP contribution in [0, 0.1) is 0 Å². The molecule has 1 aromatic carbocycles. The molecule has 1 heterocycles. The van der Waals surface area contributed by atoms with Gasteiger partial charge in [0.1, 0.15) is 12.4 Å². The molecule has 2 nitrogen and oxygen atoms in total. The van der Waals surface area contributed by atoms with Gasteiger partial charge in [-0.05, 0) is 35.7 Å². The summed E-state index contributed by atoms with van der Waals surface area (Å²) in [7, 11) is 0. The molecule has 17 heavy (non-hydrogen) atoms. The third kappa shape index (κ3) is 3.88. The fourth-order valence-electron chi connectivity index (χ4n) is 1.35. The predicted molar refractivity (Wildman–Crippen MR) is 70.0 cm³/mol. The van der Waals surface area contributed by atoms with E-state index in [0.717, 1.165) is 4.88 Å². The second-order valence-electron chi connectivity index (χ2n) is 3.54. The van der Waals surface area contributed by atoms with Crippen LogP contribution in [0.15, 0.2) is 41.8 Å². The summed E-state index contributed by atoms with van der Waals surface area (Å²) in [5.41, 5.74) is 0. The van der Waals surface area contributed by atoms with Crippen LogP contribution >= 0.6 is 22.9 Å². The van der Waals surface area contributed by atoms with Crippen molar-refractivity contribution in [3.8, 4) is 5.75 Å². The molecule has 0 fully saturated rings. The van der Waals surface area contributed by atoms with Crippen LogP contribution in [0.1, 0.15) is 4.88 Å². The standard InChI is InChI=1S/C13H11ClO2S/c14-10-3-5-12(6-4-10)16-9-11(15)8-13-2-1-7-17-13/h1-7H,8-9H2. The molecule has 2 rings (SSSR count). The van der Waals surface area contributed by atoms with Crippen LogP contribution < -0.4 is 4.74 Å². The summed E-state index contributed by atoms with van der Waals surface area (Å²) in [6, 6.07) is 10.9. The molecule has 0 saturated carbocycles. The lowest BCUT2D eigenvalue weighted by Gasteiger charge is -2.04. The van der Waals surface area contributed by atoms with E-state index in [4.69, 9.17) is 16.3 Å². The van der Waals surface area contributed by atoms with E-state index < -0.39 is 0 Å². The van der Waals surface area contributed by atoms with Gasteiger partial charge in [0.15, 0.2) is 5.78 Å². The molecule has 0 unspecified atom stereocenters. The summed E-state index contributed by atoms with van der Waals surface area (Å²) in [5, 5.41) is 2.62. The summed E-state index contributed by atoms with van der Waals surface area (Å²) < 4.78 is 5.37. The molecule has 4 heteroatoms. The minimum atomic E-state index is 0.0717. The van der Waals surface area contributed by atoms with Crippen LogP contribution in [0.2, 0.25) is 5.02 Å². The predicted octanol–water partition coefficient (Wildman–Crippen LogP) is 3.59. The summed E-state index contributed by atoms with van der Waals surface area (Å²) in [5.74, 6) is 0.733. The molecule has 0 radical (unpaired) electrons. The Labute approximate surface area is 109 Å². The maximum Gasteiger partial charge on any atom is 0.175 e. The first-order valence-corrected chi connectivity index (χ1v) is 6.42. The summed E-state index contributed by atoms with van der Waals surface area (Å²) >= 11 is 7.33. The Balaban J connectivity index is 1.82. The fourth-order valence-corrected chi connectivity index (χ4v) is 2.21. The van der Waals surface area contributed by atoms with Gasteiger partial charge in [-0.3, -0.25) is 4.79 Å². The normalized spacial score (nSPS) is 10.2. The summed E-state index contributed by atoms with van der Waals surface area (Å²) in [6.45, 7) is 0.0968. The van der Waals surface area contributed by atoms with E-state index in [-0.39, 0.29) is 12.4 Å². The Morgan fingerprint density at radius 2 is 2.00 bits per heavy atom. The van der Waals surface area contributed by atoms with Gasteiger partial charge in [0, 0.05) is 16.3 Å². The third-order valence-corrected chi connectivity index (χ3v) is 3.29. The third-order valence-electron chi connectivity index (χ3n) is 2.16. The number of carbonyl (C=O) groups is 1. The molecule has 0 amide bonds. The highest BCUT2D eigenvalue weighted by Gasteiger charge is 2.05. The lowest BCUT2D eigenvalue weighted by Crippen LogP contribution is -2.13. The van der Waals surface area contributed by atoms with Gasteiger partial charge in [-0.2, -0.15) is 0 Å². The molecule has 0 aliphatic carbocycles. The fraction of sp³-hybridized carbons (Fsp3) is 0.154. The van der Waals surface area contributed by atoms with Crippen molar-refractivity contribution in [2.75, 3.05) is 6.61 Å². The average molecular weight is 267 g/mol. The van der Waals surface area contributed by atoms with E-state index >= 15 is 0 Å². The average Bonchev–Trinajstić information content (AvgIpc) is 2.81. The molecular weight excluding hydrogens is 256 g/mol. The van der Waals surface area contributed by atoms with Crippen LogP contribution in [0.5, 0.6) is 5.75 Å². The zero-order chi connectivity index (χ0) is 12.1. The number of ketones is 1. The molecule has 0 bridgehead atoms. The van der Waals surface area contributed by atoms with Crippen molar-refractivity contribution in [3.63, 3.8) is 0 Å². The number of halogens is 1. The van der Waals surface area contributed by atoms with Gasteiger partial charge in [0.25, 0.3) is 0 Å². The summed E-state index contributed by atoms with van der Waals surface area (Å²) in [4.78, 5) is 12.7. The van der Waals surface area contributed by atoms with Crippen LogP contribution in [0.25, 0.3) is 0 Å². The first kappa shape index (κ1) is 12.1. The first-order chi connectivity index (χ1) is 8.24. The molecule has 0 aliphatic heterocycles. The Morgan fingerprint density at radius 1 is 1.24 bits per heavy atom. The second-order valence-corrected chi connectivity index (χ2v) is 5.01. The highest BCUT2D eigenvalue weighted by Crippen LogP contribution is 2.16. The quantitative estimate of drug-likeness (QED) is 0.827. The lowest BCUT2D eigenvalue weighted by molar-refractivity contribution is -0.120. The minimum absolute atomic E-state index is 0.0717. The Bertz CT molecular complexity index is 477. The van der Waals surface area contributed by atoms with Crippen molar-refractivity contribution in [1.29, 1.82) is 0 Å². The SMILES string of the molecule is O=C(COc1ccc(Cl)cc1)Cc1cccs1. The van der Waals surface area contributed by atoms with E-state index in [2.05, 4.69) is 0 Å². The first-order valence-electron chi connectivity index (χ1n) is 5.16. The van der Waals surface area contributed by atoms with Crippen molar-refractivity contribution in [3.05, 3.63) is 51.7 Å². The monoisotopic (exact) mass is 266 g/mol. The molecule has 1 aromatic heterocycles. The number of rotatable bonds is 5. The van der Waals surface area contributed by atoms with Gasteiger partial charge in [0.05, 0.1) is 0 Å². The Hall–Kier alpha value is -1.32. The molecule has 2 aromatic rings. The topological polar surface area (TPSA) is 26.3 Å². The van der Waals surface area contributed by atoms with Crippen LogP contribution in [-0.2, 0) is 11.2 Å². The maximum absolute atomic E-state index is 11.6. The van der Waals surface area contributed by atoms with Gasteiger partial charge in [-0.25, -0.2) is 0 Å². The molecule has 0 saturated heterocycles. The highest BCUT2D eigenvalue weighted by atomic mass is 35.5. The molecule has 0 N–H and O–H groups in total. The van der Waals surface area contributed by atoms with Crippen LogP contribution in [0.3, 0.4) is 0 Å². The number of carbonyl (C=O) groups excluding carboxylic acids is 1. The minimum Gasteiger partial charge on any atom is -0.486 e. The van der Waals surface area contributed by atoms with Gasteiger partial charge >= 0.3 is 0 Å². The second kappa shape index (κ2) is 5.84. The molecule has 0 atom stereocenters. The van der Waals surface area contributed by atoms with Crippen molar-refractivity contribution >= 4 is 28.7 Å². The highest BCUT2D eigenvalue weighted by molar-refractivity contribution is 7.10. The zero-order valence-electron chi connectivity index (χ0n) is 9.06. The van der Waals surface area contributed by atoms with E-state index in [1.54, 1.807) is 35.6 Å². The maximum atomic E-state index is 11.6. The van der Waals surface area contributed by atoms with Gasteiger partial charge < -0.3 is 4.74 Å². The largest absolute Gasteiger partial charge is 0.486 e. The number of Topliss-reactive ketones (excluding diaryl/α,β-unsaturated/α-hetero) is 1. The van der Waals surface area contributed by atoms with Gasteiger partial charge in [-0.1, -0.05) is 17.7 Å². The van der Waals surface area contributed by atoms with Crippen molar-refractivity contribution in [2.45, 2.75) is 6.42 Å². The van der Waals surface area contributed by atoms with Gasteiger partial charge in [0.2, 0.25) is 0 Å². The molecule has 88 valence electrons. The number of hydrogen-bond acceptors (Lipinski definition) is 3. The van der Waals surface area contributed by atoms with Gasteiger partial charge in [-0.15, -0.1) is 11.3 Å². The van der Waals surface area contributed by atoms with E-state index in [1.807, 2.05) is 17.5 Å². The van der Waals surface area contributed by atoms with Crippen LogP contribution in [-0.4, -0.2) is 12.4 Å². The number of benzene rings is 1. The summed E-state index contributed by atoms with van der Waals surface area (Å²) in [6.07, 6.45) is 0.436. The molecule has 0 aliphatic rings. The van der Waals surface area contributed by atoms with Crippen molar-refractivity contribution in [1.82, 2.24) is 0 Å². The Morgan fingerprint density at radius 3 is 2.65 bits per heavy atom. The van der Waals surface area contributed by atoms with E-state index in [0.29, 0.717) is 17.2 Å². The molecule has 0 spiro atoms. The van der Waals surface area contributed by atoms with Crippen molar-refractivity contribution in [2.24, 2.45) is 0 Å². The number of hydrogen-bond donors (Lipinski definition) is 0. The smallest absolute Gasteiger partial charge is 0.175 e. The van der Waals surface area contributed by atoms with E-state index in [1.165, 1.54) is 0 Å². The van der Waals surface area contributed by atoms with E-state index in [9.17, 15) is 4.79 Å². The number of ether oxygens (including phenoxy) is 1. The zero-order valence-corrected chi connectivity index (χ0v) is 10.6. The number of thiophene rings is 1. The van der Waals surface area contributed by atoms with Crippen LogP contribution in [0.4, 0.5) is 0 Å². The molecular formula is C13H11ClO2S. The lowest BCUT2D eigenvalue weighted by atomic mass is 10.2.